The first-order valence-corrected chi connectivity index (χ1v) is 8.94. The van der Waals surface area contributed by atoms with Gasteiger partial charge in [0.1, 0.15) is 0 Å². The van der Waals surface area contributed by atoms with Gasteiger partial charge in [-0.05, 0) is 39.6 Å². The number of aromatic nitrogens is 4. The van der Waals surface area contributed by atoms with E-state index < -0.39 is 0 Å². The third-order valence-electron chi connectivity index (χ3n) is 3.96. The van der Waals surface area contributed by atoms with Crippen molar-refractivity contribution < 1.29 is 0 Å². The van der Waals surface area contributed by atoms with Gasteiger partial charge in [-0.25, -0.2) is 0 Å². The molecule has 0 unspecified atom stereocenters. The highest BCUT2D eigenvalue weighted by atomic mass is 32.1. The number of benzene rings is 2. The highest BCUT2D eigenvalue weighted by molar-refractivity contribution is 7.10. The van der Waals surface area contributed by atoms with Crippen LogP contribution >= 0.6 is 11.3 Å². The van der Waals surface area contributed by atoms with Gasteiger partial charge in [0, 0.05) is 4.88 Å². The number of tetrazole rings is 1. The molecule has 0 spiro atoms. The minimum atomic E-state index is 0.113. The number of nitrogens with zero attached hydrogens (tertiary/aromatic N) is 4. The summed E-state index contributed by atoms with van der Waals surface area (Å²) < 4.78 is 1.77. The number of thiophene rings is 1. The third kappa shape index (κ3) is 3.50. The van der Waals surface area contributed by atoms with Crippen LogP contribution in [-0.2, 0) is 6.54 Å². The van der Waals surface area contributed by atoms with Gasteiger partial charge in [0.2, 0.25) is 0 Å². The zero-order chi connectivity index (χ0) is 16.9. The molecule has 0 radical (unpaired) electrons. The van der Waals surface area contributed by atoms with Gasteiger partial charge in [-0.1, -0.05) is 54.6 Å². The number of rotatable bonds is 6. The van der Waals surface area contributed by atoms with Crippen LogP contribution in [0.1, 0.15) is 22.3 Å². The zero-order valence-corrected chi connectivity index (χ0v) is 14.3. The fraction of sp³-hybridized carbons (Fsp3) is 0.105. The van der Waals surface area contributed by atoms with Gasteiger partial charge in [-0.15, -0.1) is 16.4 Å². The molecule has 4 rings (SSSR count). The van der Waals surface area contributed by atoms with Crippen molar-refractivity contribution in [3.63, 3.8) is 0 Å². The van der Waals surface area contributed by atoms with Crippen LogP contribution in [-0.4, -0.2) is 20.2 Å². The van der Waals surface area contributed by atoms with Crippen molar-refractivity contribution in [2.75, 3.05) is 0 Å². The second-order valence-electron chi connectivity index (χ2n) is 5.58. The summed E-state index contributed by atoms with van der Waals surface area (Å²) in [5.41, 5.74) is 2.18. The summed E-state index contributed by atoms with van der Waals surface area (Å²) in [7, 11) is 0. The van der Waals surface area contributed by atoms with Crippen LogP contribution in [0.2, 0.25) is 0 Å². The summed E-state index contributed by atoms with van der Waals surface area (Å²) in [6.45, 7) is 0.569. The lowest BCUT2D eigenvalue weighted by atomic mass is 10.1. The summed E-state index contributed by atoms with van der Waals surface area (Å²) in [6.07, 6.45) is 0. The minimum absolute atomic E-state index is 0.113. The van der Waals surface area contributed by atoms with E-state index in [9.17, 15) is 0 Å². The molecular weight excluding hydrogens is 330 g/mol. The highest BCUT2D eigenvalue weighted by Gasteiger charge is 2.16. The van der Waals surface area contributed by atoms with Gasteiger partial charge >= 0.3 is 0 Å². The molecule has 0 aliphatic heterocycles. The molecule has 5 nitrogen and oxygen atoms in total. The van der Waals surface area contributed by atoms with Gasteiger partial charge < -0.3 is 0 Å². The summed E-state index contributed by atoms with van der Waals surface area (Å²) in [6, 6.07) is 24.7. The Kier molecular flexibility index (Phi) is 4.63. The molecule has 0 amide bonds. The molecule has 0 saturated carbocycles. The van der Waals surface area contributed by atoms with Gasteiger partial charge in [0.25, 0.3) is 0 Å². The average molecular weight is 347 g/mol. The predicted octanol–water partition coefficient (Wildman–Crippen LogP) is 3.60. The average Bonchev–Trinajstić information content (AvgIpc) is 3.36. The Labute approximate surface area is 150 Å². The molecule has 4 aromatic rings. The molecule has 0 bridgehead atoms. The lowest BCUT2D eigenvalue weighted by Gasteiger charge is -2.17. The summed E-state index contributed by atoms with van der Waals surface area (Å²) in [5.74, 6) is 0.781. The molecule has 2 aromatic carbocycles. The number of para-hydroxylation sites is 1. The van der Waals surface area contributed by atoms with E-state index in [0.29, 0.717) is 6.54 Å². The normalized spacial score (nSPS) is 12.2. The quantitative estimate of drug-likeness (QED) is 0.579. The summed E-state index contributed by atoms with van der Waals surface area (Å²) >= 11 is 1.74. The monoisotopic (exact) mass is 347 g/mol. The molecule has 0 aliphatic rings. The van der Waals surface area contributed by atoms with Crippen LogP contribution in [0.4, 0.5) is 0 Å². The maximum Gasteiger partial charge on any atom is 0.170 e. The Balaban J connectivity index is 1.58. The molecule has 6 heteroatoms. The number of nitrogens with one attached hydrogen (secondary N) is 1. The zero-order valence-electron chi connectivity index (χ0n) is 13.5. The highest BCUT2D eigenvalue weighted by Crippen LogP contribution is 2.26. The van der Waals surface area contributed by atoms with Crippen LogP contribution in [0.25, 0.3) is 5.69 Å². The maximum atomic E-state index is 4.18. The van der Waals surface area contributed by atoms with Gasteiger partial charge in [0.15, 0.2) is 5.82 Å². The van der Waals surface area contributed by atoms with E-state index >= 15 is 0 Å². The lowest BCUT2D eigenvalue weighted by Crippen LogP contribution is -2.23. The molecule has 1 N–H and O–H groups in total. The first-order valence-electron chi connectivity index (χ1n) is 8.06. The first kappa shape index (κ1) is 15.7. The lowest BCUT2D eigenvalue weighted by molar-refractivity contribution is 0.582. The molecule has 2 heterocycles. The topological polar surface area (TPSA) is 55.6 Å². The van der Waals surface area contributed by atoms with Crippen molar-refractivity contribution in [1.29, 1.82) is 0 Å². The van der Waals surface area contributed by atoms with Gasteiger partial charge in [-0.2, -0.15) is 4.68 Å². The Hall–Kier alpha value is -2.83. The molecule has 124 valence electrons. The predicted molar refractivity (Wildman–Crippen MR) is 98.6 cm³/mol. The van der Waals surface area contributed by atoms with Crippen LogP contribution in [0.3, 0.4) is 0 Å². The standard InChI is InChI=1S/C19H17N5S/c1-3-8-15(9-4-1)19(17-12-7-13-25-17)20-14-18-21-22-23-24(18)16-10-5-2-6-11-16/h1-13,19-20H,14H2/t19-/m0/s1. The van der Waals surface area contributed by atoms with E-state index in [1.54, 1.807) is 16.0 Å². The molecule has 2 aromatic heterocycles. The van der Waals surface area contributed by atoms with Crippen molar-refractivity contribution >= 4 is 11.3 Å². The van der Waals surface area contributed by atoms with Gasteiger partial charge in [-0.3, -0.25) is 5.32 Å². The Morgan fingerprint density at radius 3 is 2.40 bits per heavy atom. The molecule has 1 atom stereocenters. The van der Waals surface area contributed by atoms with E-state index in [1.807, 2.05) is 36.4 Å². The molecule has 0 saturated heterocycles. The van der Waals surface area contributed by atoms with E-state index in [1.165, 1.54) is 10.4 Å². The fourth-order valence-electron chi connectivity index (χ4n) is 2.76. The van der Waals surface area contributed by atoms with Crippen molar-refractivity contribution in [3.05, 3.63) is 94.4 Å². The number of hydrogen-bond acceptors (Lipinski definition) is 5. The largest absolute Gasteiger partial charge is 0.298 e. The Morgan fingerprint density at radius 2 is 1.68 bits per heavy atom. The second-order valence-corrected chi connectivity index (χ2v) is 6.56. The Bertz CT molecular complexity index is 903. The maximum absolute atomic E-state index is 4.18. The molecular formula is C19H17N5S. The van der Waals surface area contributed by atoms with Crippen LogP contribution in [0.5, 0.6) is 0 Å². The van der Waals surface area contributed by atoms with Crippen LogP contribution < -0.4 is 5.32 Å². The molecule has 0 fully saturated rings. The van der Waals surface area contributed by atoms with Crippen molar-refractivity contribution in [1.82, 2.24) is 25.5 Å². The third-order valence-corrected chi connectivity index (χ3v) is 4.90. The van der Waals surface area contributed by atoms with E-state index in [0.717, 1.165) is 11.5 Å². The summed E-state index contributed by atoms with van der Waals surface area (Å²) in [4.78, 5) is 1.27. The summed E-state index contributed by atoms with van der Waals surface area (Å²) in [5, 5.41) is 17.8. The van der Waals surface area contributed by atoms with Crippen LogP contribution in [0.15, 0.2) is 78.2 Å². The molecule has 25 heavy (non-hydrogen) atoms. The smallest absolute Gasteiger partial charge is 0.170 e. The first-order chi connectivity index (χ1) is 12.4. The SMILES string of the molecule is c1ccc([C@H](NCc2nnnn2-c2ccccc2)c2cccs2)cc1. The molecule has 0 aliphatic carbocycles. The number of hydrogen-bond donors (Lipinski definition) is 1. The van der Waals surface area contributed by atoms with E-state index in [4.69, 9.17) is 0 Å². The minimum Gasteiger partial charge on any atom is -0.298 e. The van der Waals surface area contributed by atoms with Crippen molar-refractivity contribution in [2.24, 2.45) is 0 Å². The van der Waals surface area contributed by atoms with Crippen molar-refractivity contribution in [3.8, 4) is 5.69 Å². The second kappa shape index (κ2) is 7.38. The van der Waals surface area contributed by atoms with Crippen LogP contribution in [0, 0.1) is 0 Å². The fourth-order valence-corrected chi connectivity index (χ4v) is 3.59. The van der Waals surface area contributed by atoms with E-state index in [2.05, 4.69) is 62.6 Å². The Morgan fingerprint density at radius 1 is 0.920 bits per heavy atom. The van der Waals surface area contributed by atoms with Crippen molar-refractivity contribution in [2.45, 2.75) is 12.6 Å². The van der Waals surface area contributed by atoms with E-state index in [-0.39, 0.29) is 6.04 Å². The van der Waals surface area contributed by atoms with Gasteiger partial charge in [0.05, 0.1) is 18.3 Å².